The van der Waals surface area contributed by atoms with Gasteiger partial charge in [-0.25, -0.2) is 0 Å². The summed E-state index contributed by atoms with van der Waals surface area (Å²) in [7, 11) is 0. The summed E-state index contributed by atoms with van der Waals surface area (Å²) < 4.78 is 0. The number of nitrogens with zero attached hydrogens (tertiary/aromatic N) is 1. The van der Waals surface area contributed by atoms with Crippen LogP contribution >= 0.6 is 0 Å². The number of H-pyrrole nitrogens is 1. The first-order chi connectivity index (χ1) is 9.93. The van der Waals surface area contributed by atoms with Crippen LogP contribution in [-0.4, -0.2) is 45.7 Å². The Hall–Kier alpha value is -2.11. The van der Waals surface area contributed by atoms with Gasteiger partial charge in [-0.2, -0.15) is 0 Å². The van der Waals surface area contributed by atoms with E-state index in [1.807, 2.05) is 0 Å². The number of hydrogen-bond donors (Lipinski definition) is 2. The number of nitrogens with one attached hydrogen (secondary N) is 1. The minimum atomic E-state index is -0.717. The lowest BCUT2D eigenvalue weighted by molar-refractivity contribution is -0.139. The number of amides is 1. The summed E-state index contributed by atoms with van der Waals surface area (Å²) in [5.41, 5.74) is 0.838. The lowest BCUT2D eigenvalue weighted by atomic mass is 9.90. The molecule has 2 aliphatic rings. The van der Waals surface area contributed by atoms with Gasteiger partial charge in [0.2, 0.25) is 0 Å². The number of carboxylic acids is 1. The average Bonchev–Trinajstić information content (AvgIpc) is 2.94. The van der Waals surface area contributed by atoms with E-state index in [4.69, 9.17) is 5.11 Å². The van der Waals surface area contributed by atoms with Crippen molar-refractivity contribution in [1.29, 1.82) is 0 Å². The average molecular weight is 290 g/mol. The second-order valence-electron chi connectivity index (χ2n) is 6.11. The summed E-state index contributed by atoms with van der Waals surface area (Å²) in [5, 5.41) is 9.06. The fraction of sp³-hybridized carbons (Fsp3) is 0.533. The van der Waals surface area contributed by atoms with E-state index in [-0.39, 0.29) is 23.0 Å². The fourth-order valence-electron chi connectivity index (χ4n) is 3.30. The van der Waals surface area contributed by atoms with Crippen LogP contribution in [0.25, 0.3) is 0 Å². The molecule has 2 heterocycles. The van der Waals surface area contributed by atoms with Gasteiger partial charge in [0.1, 0.15) is 5.69 Å². The fourth-order valence-corrected chi connectivity index (χ4v) is 3.30. The molecule has 1 aromatic heterocycles. The van der Waals surface area contributed by atoms with Gasteiger partial charge in [0.15, 0.2) is 5.78 Å². The Morgan fingerprint density at radius 1 is 1.33 bits per heavy atom. The third kappa shape index (κ3) is 2.34. The van der Waals surface area contributed by atoms with Crippen molar-refractivity contribution >= 4 is 17.7 Å². The quantitative estimate of drug-likeness (QED) is 0.826. The zero-order valence-electron chi connectivity index (χ0n) is 11.9. The summed E-state index contributed by atoms with van der Waals surface area (Å²) >= 11 is 0. The molecule has 1 saturated carbocycles. The predicted octanol–water partition coefficient (Wildman–Crippen LogP) is 1.54. The lowest BCUT2D eigenvalue weighted by Crippen LogP contribution is -2.40. The van der Waals surface area contributed by atoms with Crippen LogP contribution in [0.15, 0.2) is 12.3 Å². The number of Topliss-reactive ketones (excluding diaryl/α,β-unsaturated/α-hetero) is 1. The van der Waals surface area contributed by atoms with E-state index >= 15 is 0 Å². The molecule has 2 N–H and O–H groups in total. The normalized spacial score (nSPS) is 23.1. The van der Waals surface area contributed by atoms with Gasteiger partial charge in [-0.3, -0.25) is 14.4 Å². The van der Waals surface area contributed by atoms with E-state index < -0.39 is 5.97 Å². The standard InChI is InChI=1S/C15H18N2O4/c1-9(18)10-6-12(16-8-10)13(19)17-4-2-15(3-5-17)7-11(15)14(20)21/h6,8,11,16H,2-5,7H2,1H3,(H,20,21). The van der Waals surface area contributed by atoms with Gasteiger partial charge in [0.25, 0.3) is 5.91 Å². The molecule has 0 aromatic carbocycles. The molecule has 1 aromatic rings. The number of carbonyl (C=O) groups excluding carboxylic acids is 2. The highest BCUT2D eigenvalue weighted by Crippen LogP contribution is 2.59. The molecule has 6 heteroatoms. The highest BCUT2D eigenvalue weighted by Gasteiger charge is 2.59. The van der Waals surface area contributed by atoms with Crippen LogP contribution in [0.3, 0.4) is 0 Å². The molecule has 112 valence electrons. The van der Waals surface area contributed by atoms with E-state index in [9.17, 15) is 14.4 Å². The first-order valence-corrected chi connectivity index (χ1v) is 7.14. The molecule has 6 nitrogen and oxygen atoms in total. The van der Waals surface area contributed by atoms with Crippen molar-refractivity contribution in [3.05, 3.63) is 23.5 Å². The highest BCUT2D eigenvalue weighted by atomic mass is 16.4. The molecule has 1 atom stereocenters. The van der Waals surface area contributed by atoms with Crippen molar-refractivity contribution in [2.24, 2.45) is 11.3 Å². The maximum atomic E-state index is 12.3. The number of carbonyl (C=O) groups is 3. The number of aromatic nitrogens is 1. The first-order valence-electron chi connectivity index (χ1n) is 7.14. The Balaban J connectivity index is 1.63. The molecule has 1 amide bonds. The number of ketones is 1. The number of rotatable bonds is 3. The van der Waals surface area contributed by atoms with Crippen LogP contribution < -0.4 is 0 Å². The molecule has 0 bridgehead atoms. The van der Waals surface area contributed by atoms with E-state index in [2.05, 4.69) is 4.98 Å². The third-order valence-electron chi connectivity index (χ3n) is 4.85. The molecule has 2 fully saturated rings. The van der Waals surface area contributed by atoms with Crippen molar-refractivity contribution in [3.63, 3.8) is 0 Å². The Bertz CT molecular complexity index is 611. The molecule has 1 aliphatic carbocycles. The monoisotopic (exact) mass is 290 g/mol. The smallest absolute Gasteiger partial charge is 0.307 e. The van der Waals surface area contributed by atoms with E-state index in [1.165, 1.54) is 6.92 Å². The minimum Gasteiger partial charge on any atom is -0.481 e. The Kier molecular flexibility index (Phi) is 3.11. The Morgan fingerprint density at radius 2 is 2.00 bits per heavy atom. The summed E-state index contributed by atoms with van der Waals surface area (Å²) in [4.78, 5) is 39.2. The molecular weight excluding hydrogens is 272 g/mol. The van der Waals surface area contributed by atoms with Crippen molar-refractivity contribution < 1.29 is 19.5 Å². The van der Waals surface area contributed by atoms with Crippen molar-refractivity contribution in [2.45, 2.75) is 26.2 Å². The number of aromatic amines is 1. The SMILES string of the molecule is CC(=O)c1c[nH]c(C(=O)N2CCC3(CC2)CC3C(=O)O)c1. The number of likely N-dealkylation sites (tertiary alicyclic amines) is 1. The lowest BCUT2D eigenvalue weighted by Gasteiger charge is -2.32. The summed E-state index contributed by atoms with van der Waals surface area (Å²) in [6.07, 6.45) is 3.77. The van der Waals surface area contributed by atoms with Crippen molar-refractivity contribution in [2.75, 3.05) is 13.1 Å². The largest absolute Gasteiger partial charge is 0.481 e. The Morgan fingerprint density at radius 3 is 2.48 bits per heavy atom. The third-order valence-corrected chi connectivity index (χ3v) is 4.85. The first kappa shape index (κ1) is 13.9. The van der Waals surface area contributed by atoms with E-state index in [0.717, 1.165) is 19.3 Å². The number of hydrogen-bond acceptors (Lipinski definition) is 3. The predicted molar refractivity (Wildman–Crippen MR) is 74.1 cm³/mol. The van der Waals surface area contributed by atoms with Crippen LogP contribution in [0.2, 0.25) is 0 Å². The minimum absolute atomic E-state index is 0.0785. The number of piperidine rings is 1. The molecule has 3 rings (SSSR count). The van der Waals surface area contributed by atoms with Crippen molar-refractivity contribution in [3.8, 4) is 0 Å². The zero-order chi connectivity index (χ0) is 15.2. The van der Waals surface area contributed by atoms with Gasteiger partial charge < -0.3 is 15.0 Å². The summed E-state index contributed by atoms with van der Waals surface area (Å²) in [6, 6.07) is 1.58. The number of aliphatic carboxylic acids is 1. The molecule has 1 aliphatic heterocycles. The van der Waals surface area contributed by atoms with Gasteiger partial charge in [0.05, 0.1) is 5.92 Å². The molecular formula is C15H18N2O4. The molecule has 1 unspecified atom stereocenters. The Labute approximate surface area is 122 Å². The maximum absolute atomic E-state index is 12.3. The van der Waals surface area contributed by atoms with Gasteiger partial charge in [0, 0.05) is 24.8 Å². The van der Waals surface area contributed by atoms with E-state index in [0.29, 0.717) is 24.3 Å². The molecule has 1 saturated heterocycles. The van der Waals surface area contributed by atoms with Crippen LogP contribution in [0, 0.1) is 11.3 Å². The van der Waals surface area contributed by atoms with Gasteiger partial charge in [-0.1, -0.05) is 0 Å². The molecule has 1 spiro atoms. The summed E-state index contributed by atoms with van der Waals surface area (Å²) in [6.45, 7) is 2.62. The van der Waals surface area contributed by atoms with Crippen LogP contribution in [0.1, 0.15) is 47.0 Å². The van der Waals surface area contributed by atoms with E-state index in [1.54, 1.807) is 17.2 Å². The molecule has 0 radical (unpaired) electrons. The van der Waals surface area contributed by atoms with Gasteiger partial charge >= 0.3 is 5.97 Å². The van der Waals surface area contributed by atoms with Crippen LogP contribution in [0.4, 0.5) is 0 Å². The summed E-state index contributed by atoms with van der Waals surface area (Å²) in [5.74, 6) is -1.15. The highest BCUT2D eigenvalue weighted by molar-refractivity contribution is 5.99. The van der Waals surface area contributed by atoms with Crippen LogP contribution in [0.5, 0.6) is 0 Å². The zero-order valence-corrected chi connectivity index (χ0v) is 11.9. The maximum Gasteiger partial charge on any atom is 0.307 e. The molecule has 21 heavy (non-hydrogen) atoms. The van der Waals surface area contributed by atoms with Gasteiger partial charge in [-0.05, 0) is 37.7 Å². The van der Waals surface area contributed by atoms with Crippen molar-refractivity contribution in [1.82, 2.24) is 9.88 Å². The topological polar surface area (TPSA) is 90.5 Å². The second kappa shape index (κ2) is 4.72. The van der Waals surface area contributed by atoms with Gasteiger partial charge in [-0.15, -0.1) is 0 Å². The van der Waals surface area contributed by atoms with Crippen LogP contribution in [-0.2, 0) is 4.79 Å². The second-order valence-corrected chi connectivity index (χ2v) is 6.11. The number of carboxylic acid groups (broad SMARTS) is 1.